The average Bonchev–Trinajstić information content (AvgIpc) is 2.53. The molecule has 2 heterocycles. The SMILES string of the molecule is O=c1cc(CNOCc2ccccc2)nc2ccccn12. The minimum Gasteiger partial charge on any atom is -0.297 e. The number of fused-ring (bicyclic) bond motifs is 1. The maximum Gasteiger partial charge on any atom is 0.258 e. The molecule has 106 valence electrons. The summed E-state index contributed by atoms with van der Waals surface area (Å²) in [6, 6.07) is 16.8. The van der Waals surface area contributed by atoms with Gasteiger partial charge in [-0.2, -0.15) is 5.48 Å². The molecule has 5 nitrogen and oxygen atoms in total. The topological polar surface area (TPSA) is 55.6 Å². The number of hydrogen-bond donors (Lipinski definition) is 1. The van der Waals surface area contributed by atoms with Crippen molar-refractivity contribution in [2.24, 2.45) is 0 Å². The number of pyridine rings is 1. The molecule has 0 fully saturated rings. The van der Waals surface area contributed by atoms with E-state index in [1.165, 1.54) is 10.5 Å². The highest BCUT2D eigenvalue weighted by atomic mass is 16.6. The Hall–Kier alpha value is -2.50. The Morgan fingerprint density at radius 3 is 2.76 bits per heavy atom. The van der Waals surface area contributed by atoms with Crippen LogP contribution in [0.1, 0.15) is 11.3 Å². The number of hydrogen-bond acceptors (Lipinski definition) is 4. The van der Waals surface area contributed by atoms with Gasteiger partial charge in [0.25, 0.3) is 5.56 Å². The fourth-order valence-corrected chi connectivity index (χ4v) is 2.03. The molecule has 0 atom stereocenters. The average molecular weight is 281 g/mol. The molecule has 2 aromatic heterocycles. The highest BCUT2D eigenvalue weighted by Gasteiger charge is 2.01. The van der Waals surface area contributed by atoms with Crippen LogP contribution in [0.25, 0.3) is 5.65 Å². The zero-order valence-corrected chi connectivity index (χ0v) is 11.4. The molecule has 0 aliphatic rings. The smallest absolute Gasteiger partial charge is 0.258 e. The van der Waals surface area contributed by atoms with Crippen LogP contribution in [-0.2, 0) is 18.0 Å². The van der Waals surface area contributed by atoms with Crippen molar-refractivity contribution in [2.75, 3.05) is 0 Å². The molecule has 0 aliphatic carbocycles. The molecular formula is C16H15N3O2. The molecule has 0 spiro atoms. The third kappa shape index (κ3) is 3.34. The van der Waals surface area contributed by atoms with Crippen LogP contribution in [0.4, 0.5) is 0 Å². The molecule has 0 aliphatic heterocycles. The van der Waals surface area contributed by atoms with E-state index in [1.54, 1.807) is 18.3 Å². The molecule has 0 unspecified atom stereocenters. The minimum atomic E-state index is -0.0968. The van der Waals surface area contributed by atoms with Crippen LogP contribution in [0, 0.1) is 0 Å². The molecule has 3 rings (SSSR count). The van der Waals surface area contributed by atoms with Crippen LogP contribution in [0.5, 0.6) is 0 Å². The molecule has 5 heteroatoms. The number of aromatic nitrogens is 2. The van der Waals surface area contributed by atoms with Gasteiger partial charge in [-0.15, -0.1) is 0 Å². The standard InChI is InChI=1S/C16H15N3O2/c20-16-10-14(18-15-8-4-5-9-19(15)16)11-17-21-12-13-6-2-1-3-7-13/h1-10,17H,11-12H2. The van der Waals surface area contributed by atoms with E-state index >= 15 is 0 Å². The Bertz CT molecular complexity index is 784. The van der Waals surface area contributed by atoms with E-state index in [4.69, 9.17) is 4.84 Å². The monoisotopic (exact) mass is 281 g/mol. The molecule has 0 bridgehead atoms. The summed E-state index contributed by atoms with van der Waals surface area (Å²) in [6.07, 6.45) is 1.70. The van der Waals surface area contributed by atoms with Crippen LogP contribution in [0.15, 0.2) is 65.6 Å². The van der Waals surface area contributed by atoms with E-state index in [0.29, 0.717) is 24.5 Å². The van der Waals surface area contributed by atoms with Crippen molar-refractivity contribution < 1.29 is 4.84 Å². The van der Waals surface area contributed by atoms with Crippen molar-refractivity contribution in [1.29, 1.82) is 0 Å². The zero-order valence-electron chi connectivity index (χ0n) is 11.4. The lowest BCUT2D eigenvalue weighted by atomic mass is 10.2. The van der Waals surface area contributed by atoms with Gasteiger partial charge in [-0.1, -0.05) is 36.4 Å². The predicted octanol–water partition coefficient (Wildman–Crippen LogP) is 1.92. The van der Waals surface area contributed by atoms with E-state index in [0.717, 1.165) is 5.56 Å². The zero-order chi connectivity index (χ0) is 14.5. The van der Waals surface area contributed by atoms with E-state index in [-0.39, 0.29) is 5.56 Å². The molecule has 1 aromatic carbocycles. The Kier molecular flexibility index (Phi) is 4.04. The van der Waals surface area contributed by atoms with Gasteiger partial charge in [-0.25, -0.2) is 4.98 Å². The Morgan fingerprint density at radius 1 is 1.10 bits per heavy atom. The second kappa shape index (κ2) is 6.30. The summed E-state index contributed by atoms with van der Waals surface area (Å²) in [6.45, 7) is 0.848. The van der Waals surface area contributed by atoms with E-state index in [1.807, 2.05) is 36.4 Å². The highest BCUT2D eigenvalue weighted by molar-refractivity contribution is 5.37. The van der Waals surface area contributed by atoms with Crippen LogP contribution in [0.3, 0.4) is 0 Å². The molecule has 0 saturated carbocycles. The first-order valence-electron chi connectivity index (χ1n) is 6.69. The van der Waals surface area contributed by atoms with Gasteiger partial charge in [0.15, 0.2) is 0 Å². The van der Waals surface area contributed by atoms with Gasteiger partial charge in [-0.05, 0) is 17.7 Å². The molecule has 0 amide bonds. The molecular weight excluding hydrogens is 266 g/mol. The first kappa shape index (κ1) is 13.5. The third-order valence-electron chi connectivity index (χ3n) is 3.06. The summed E-state index contributed by atoms with van der Waals surface area (Å²) in [5.41, 5.74) is 5.10. The fourth-order valence-electron chi connectivity index (χ4n) is 2.03. The lowest BCUT2D eigenvalue weighted by Crippen LogP contribution is -2.20. The maximum atomic E-state index is 11.9. The van der Waals surface area contributed by atoms with Gasteiger partial charge in [0.1, 0.15) is 5.65 Å². The van der Waals surface area contributed by atoms with E-state index in [9.17, 15) is 4.79 Å². The van der Waals surface area contributed by atoms with Gasteiger partial charge in [0.05, 0.1) is 18.8 Å². The second-order valence-electron chi connectivity index (χ2n) is 4.61. The van der Waals surface area contributed by atoms with Crippen LogP contribution < -0.4 is 11.0 Å². The van der Waals surface area contributed by atoms with Crippen LogP contribution >= 0.6 is 0 Å². The van der Waals surface area contributed by atoms with E-state index < -0.39 is 0 Å². The minimum absolute atomic E-state index is 0.0968. The van der Waals surface area contributed by atoms with Crippen LogP contribution in [0.2, 0.25) is 0 Å². The number of benzene rings is 1. The molecule has 1 N–H and O–H groups in total. The summed E-state index contributed by atoms with van der Waals surface area (Å²) in [5, 5.41) is 0. The van der Waals surface area contributed by atoms with Gasteiger partial charge >= 0.3 is 0 Å². The lowest BCUT2D eigenvalue weighted by Gasteiger charge is -2.06. The van der Waals surface area contributed by atoms with E-state index in [2.05, 4.69) is 10.5 Å². The second-order valence-corrected chi connectivity index (χ2v) is 4.61. The normalized spacial score (nSPS) is 10.9. The lowest BCUT2D eigenvalue weighted by molar-refractivity contribution is 0.0229. The Labute approximate surface area is 121 Å². The van der Waals surface area contributed by atoms with Crippen LogP contribution in [-0.4, -0.2) is 9.38 Å². The molecule has 21 heavy (non-hydrogen) atoms. The Balaban J connectivity index is 1.62. The van der Waals surface area contributed by atoms with Gasteiger partial charge < -0.3 is 0 Å². The quantitative estimate of drug-likeness (QED) is 0.573. The summed E-state index contributed by atoms with van der Waals surface area (Å²) in [5.74, 6) is 0. The summed E-state index contributed by atoms with van der Waals surface area (Å²) in [4.78, 5) is 21.7. The van der Waals surface area contributed by atoms with Crippen molar-refractivity contribution in [2.45, 2.75) is 13.2 Å². The fraction of sp³-hybridized carbons (Fsp3) is 0.125. The van der Waals surface area contributed by atoms with Crippen molar-refractivity contribution >= 4 is 5.65 Å². The van der Waals surface area contributed by atoms with Gasteiger partial charge in [0, 0.05) is 12.3 Å². The highest BCUT2D eigenvalue weighted by Crippen LogP contribution is 2.01. The first-order chi connectivity index (χ1) is 10.3. The van der Waals surface area contributed by atoms with Crippen molar-refractivity contribution in [3.05, 3.63) is 82.4 Å². The summed E-state index contributed by atoms with van der Waals surface area (Å²) >= 11 is 0. The van der Waals surface area contributed by atoms with Crippen molar-refractivity contribution in [1.82, 2.24) is 14.9 Å². The molecule has 3 aromatic rings. The number of nitrogens with one attached hydrogen (secondary N) is 1. The number of hydroxylamine groups is 1. The van der Waals surface area contributed by atoms with Crippen molar-refractivity contribution in [3.8, 4) is 0 Å². The Morgan fingerprint density at radius 2 is 1.90 bits per heavy atom. The van der Waals surface area contributed by atoms with Gasteiger partial charge in [0.2, 0.25) is 0 Å². The molecule has 0 saturated heterocycles. The molecule has 0 radical (unpaired) electrons. The maximum absolute atomic E-state index is 11.9. The largest absolute Gasteiger partial charge is 0.297 e. The summed E-state index contributed by atoms with van der Waals surface area (Å²) < 4.78 is 1.51. The number of rotatable bonds is 5. The first-order valence-corrected chi connectivity index (χ1v) is 6.69. The third-order valence-corrected chi connectivity index (χ3v) is 3.06. The van der Waals surface area contributed by atoms with Gasteiger partial charge in [-0.3, -0.25) is 14.0 Å². The van der Waals surface area contributed by atoms with Crippen molar-refractivity contribution in [3.63, 3.8) is 0 Å². The summed E-state index contributed by atoms with van der Waals surface area (Å²) in [7, 11) is 0. The number of nitrogens with zero attached hydrogens (tertiary/aromatic N) is 2. The predicted molar refractivity (Wildman–Crippen MR) is 79.5 cm³/mol.